The Morgan fingerprint density at radius 1 is 1.60 bits per heavy atom. The minimum absolute atomic E-state index is 0.221. The van der Waals surface area contributed by atoms with Crippen LogP contribution in [-0.2, 0) is 7.05 Å². The summed E-state index contributed by atoms with van der Waals surface area (Å²) in [7, 11) is 1.50. The molecule has 15 heavy (non-hydrogen) atoms. The molecule has 0 fully saturated rings. The molecule has 1 rings (SSSR count). The lowest BCUT2D eigenvalue weighted by Gasteiger charge is -2.04. The molecule has 0 aliphatic rings. The molecule has 0 atom stereocenters. The molecule has 0 aromatic carbocycles. The second kappa shape index (κ2) is 4.54. The Labute approximate surface area is 87.4 Å². The highest BCUT2D eigenvalue weighted by Crippen LogP contribution is 1.91. The van der Waals surface area contributed by atoms with Crippen LogP contribution in [0.3, 0.4) is 0 Å². The molecular formula is C10H13N3O2. The Balaban J connectivity index is 2.78. The summed E-state index contributed by atoms with van der Waals surface area (Å²) in [5, 5.41) is 6.44. The molecule has 5 nitrogen and oxygen atoms in total. The predicted octanol–water partition coefficient (Wildman–Crippen LogP) is 0.0862. The fraction of sp³-hybridized carbons (Fsp3) is 0.300. The third-order valence-corrected chi connectivity index (χ3v) is 1.74. The molecule has 0 aliphatic heterocycles. The van der Waals surface area contributed by atoms with Crippen LogP contribution in [0.1, 0.15) is 17.4 Å². The standard InChI is InChI=1S/C10H13N3O2/c1-7(2)6-11-10(15)8-4-5-9(14)13(3)12-8/h4-5H,1,6H2,2-3H3,(H,11,15). The Hall–Kier alpha value is -1.91. The summed E-state index contributed by atoms with van der Waals surface area (Å²) < 4.78 is 1.12. The van der Waals surface area contributed by atoms with Gasteiger partial charge in [-0.25, -0.2) is 4.68 Å². The zero-order chi connectivity index (χ0) is 11.4. The quantitative estimate of drug-likeness (QED) is 0.714. The minimum atomic E-state index is -0.311. The molecule has 1 heterocycles. The summed E-state index contributed by atoms with van der Waals surface area (Å²) in [5.74, 6) is -0.311. The first-order valence-corrected chi connectivity index (χ1v) is 4.47. The van der Waals surface area contributed by atoms with Crippen LogP contribution >= 0.6 is 0 Å². The topological polar surface area (TPSA) is 64.0 Å². The molecule has 1 aromatic heterocycles. The summed E-state index contributed by atoms with van der Waals surface area (Å²) in [6.07, 6.45) is 0. The van der Waals surface area contributed by atoms with Gasteiger partial charge in [-0.15, -0.1) is 0 Å². The van der Waals surface area contributed by atoms with E-state index in [0.29, 0.717) is 6.54 Å². The zero-order valence-corrected chi connectivity index (χ0v) is 8.78. The maximum Gasteiger partial charge on any atom is 0.271 e. The van der Waals surface area contributed by atoms with Crippen molar-refractivity contribution in [1.29, 1.82) is 0 Å². The first-order chi connectivity index (χ1) is 7.00. The Morgan fingerprint density at radius 2 is 2.27 bits per heavy atom. The fourth-order valence-corrected chi connectivity index (χ4v) is 0.945. The average molecular weight is 207 g/mol. The van der Waals surface area contributed by atoms with Crippen molar-refractivity contribution in [3.05, 3.63) is 40.3 Å². The van der Waals surface area contributed by atoms with E-state index in [1.165, 1.54) is 19.2 Å². The zero-order valence-electron chi connectivity index (χ0n) is 8.78. The van der Waals surface area contributed by atoms with Gasteiger partial charge in [0.25, 0.3) is 11.5 Å². The van der Waals surface area contributed by atoms with Crippen LogP contribution in [0.2, 0.25) is 0 Å². The van der Waals surface area contributed by atoms with Crippen molar-refractivity contribution in [2.75, 3.05) is 6.54 Å². The molecule has 0 bridgehead atoms. The van der Waals surface area contributed by atoms with Gasteiger partial charge in [-0.2, -0.15) is 5.10 Å². The number of amides is 1. The Bertz CT molecular complexity index is 448. The highest BCUT2D eigenvalue weighted by atomic mass is 16.2. The van der Waals surface area contributed by atoms with Gasteiger partial charge >= 0.3 is 0 Å². The third-order valence-electron chi connectivity index (χ3n) is 1.74. The van der Waals surface area contributed by atoms with Gasteiger partial charge in [0.1, 0.15) is 5.69 Å². The van der Waals surface area contributed by atoms with Crippen LogP contribution in [0.5, 0.6) is 0 Å². The van der Waals surface area contributed by atoms with Gasteiger partial charge in [0.15, 0.2) is 0 Å². The number of hydrogen-bond donors (Lipinski definition) is 1. The minimum Gasteiger partial charge on any atom is -0.347 e. The number of nitrogens with one attached hydrogen (secondary N) is 1. The van der Waals surface area contributed by atoms with Crippen molar-refractivity contribution in [3.8, 4) is 0 Å². The molecular weight excluding hydrogens is 194 g/mol. The van der Waals surface area contributed by atoms with E-state index in [0.717, 1.165) is 10.3 Å². The van der Waals surface area contributed by atoms with Crippen molar-refractivity contribution >= 4 is 5.91 Å². The van der Waals surface area contributed by atoms with Crippen LogP contribution in [0.25, 0.3) is 0 Å². The molecule has 80 valence electrons. The van der Waals surface area contributed by atoms with E-state index in [4.69, 9.17) is 0 Å². The molecule has 0 spiro atoms. The first kappa shape index (κ1) is 11.2. The maximum absolute atomic E-state index is 11.5. The average Bonchev–Trinajstić information content (AvgIpc) is 2.18. The largest absolute Gasteiger partial charge is 0.347 e. The lowest BCUT2D eigenvalue weighted by molar-refractivity contribution is 0.0949. The number of rotatable bonds is 3. The predicted molar refractivity (Wildman–Crippen MR) is 56.6 cm³/mol. The Morgan fingerprint density at radius 3 is 2.80 bits per heavy atom. The van der Waals surface area contributed by atoms with Crippen LogP contribution in [-0.4, -0.2) is 22.2 Å². The van der Waals surface area contributed by atoms with Gasteiger partial charge in [0.2, 0.25) is 0 Å². The van der Waals surface area contributed by atoms with Crippen molar-refractivity contribution in [2.24, 2.45) is 7.05 Å². The SMILES string of the molecule is C=C(C)CNC(=O)c1ccc(=O)n(C)n1. The van der Waals surface area contributed by atoms with E-state index in [1.807, 2.05) is 6.92 Å². The van der Waals surface area contributed by atoms with Gasteiger partial charge in [-0.3, -0.25) is 9.59 Å². The summed E-state index contributed by atoms with van der Waals surface area (Å²) in [4.78, 5) is 22.5. The number of aromatic nitrogens is 2. The van der Waals surface area contributed by atoms with Crippen LogP contribution < -0.4 is 10.9 Å². The molecule has 1 N–H and O–H groups in total. The van der Waals surface area contributed by atoms with Crippen molar-refractivity contribution < 1.29 is 4.79 Å². The molecule has 1 aromatic rings. The monoisotopic (exact) mass is 207 g/mol. The molecule has 0 aliphatic carbocycles. The lowest BCUT2D eigenvalue weighted by Crippen LogP contribution is -2.29. The van der Waals surface area contributed by atoms with E-state index in [2.05, 4.69) is 17.0 Å². The number of nitrogens with zero attached hydrogens (tertiary/aromatic N) is 2. The van der Waals surface area contributed by atoms with Crippen molar-refractivity contribution in [1.82, 2.24) is 15.1 Å². The van der Waals surface area contributed by atoms with Gasteiger partial charge in [-0.05, 0) is 13.0 Å². The van der Waals surface area contributed by atoms with Crippen molar-refractivity contribution in [2.45, 2.75) is 6.92 Å². The van der Waals surface area contributed by atoms with E-state index < -0.39 is 0 Å². The second-order valence-electron chi connectivity index (χ2n) is 3.32. The highest BCUT2D eigenvalue weighted by molar-refractivity contribution is 5.92. The third kappa shape index (κ3) is 3.05. The van der Waals surface area contributed by atoms with E-state index >= 15 is 0 Å². The Kier molecular flexibility index (Phi) is 3.38. The highest BCUT2D eigenvalue weighted by Gasteiger charge is 2.07. The van der Waals surface area contributed by atoms with Gasteiger partial charge in [-0.1, -0.05) is 12.2 Å². The van der Waals surface area contributed by atoms with E-state index in [1.54, 1.807) is 0 Å². The van der Waals surface area contributed by atoms with Gasteiger partial charge in [0.05, 0.1) is 0 Å². The van der Waals surface area contributed by atoms with Crippen molar-refractivity contribution in [3.63, 3.8) is 0 Å². The molecule has 0 unspecified atom stereocenters. The number of hydrogen-bond acceptors (Lipinski definition) is 3. The summed E-state index contributed by atoms with van der Waals surface area (Å²) in [6, 6.07) is 2.71. The normalized spacial score (nSPS) is 9.73. The van der Waals surface area contributed by atoms with E-state index in [-0.39, 0.29) is 17.2 Å². The number of carbonyl (C=O) groups excluding carboxylic acids is 1. The number of carbonyl (C=O) groups is 1. The lowest BCUT2D eigenvalue weighted by atomic mass is 10.3. The molecule has 0 saturated heterocycles. The number of aryl methyl sites for hydroxylation is 1. The molecule has 0 saturated carbocycles. The molecule has 0 radical (unpaired) electrons. The maximum atomic E-state index is 11.5. The molecule has 5 heteroatoms. The van der Waals surface area contributed by atoms with E-state index in [9.17, 15) is 9.59 Å². The second-order valence-corrected chi connectivity index (χ2v) is 3.32. The van der Waals surface area contributed by atoms with Crippen LogP contribution in [0.4, 0.5) is 0 Å². The van der Waals surface area contributed by atoms with Crippen LogP contribution in [0, 0.1) is 0 Å². The summed E-state index contributed by atoms with van der Waals surface area (Å²) >= 11 is 0. The van der Waals surface area contributed by atoms with Gasteiger partial charge < -0.3 is 5.32 Å². The smallest absolute Gasteiger partial charge is 0.271 e. The molecule has 1 amide bonds. The van der Waals surface area contributed by atoms with Crippen LogP contribution in [0.15, 0.2) is 29.1 Å². The summed E-state index contributed by atoms with van der Waals surface area (Å²) in [5.41, 5.74) is 0.831. The summed E-state index contributed by atoms with van der Waals surface area (Å²) in [6.45, 7) is 5.88. The first-order valence-electron chi connectivity index (χ1n) is 4.47. The fourth-order valence-electron chi connectivity index (χ4n) is 0.945. The van der Waals surface area contributed by atoms with Gasteiger partial charge in [0, 0.05) is 19.7 Å².